The van der Waals surface area contributed by atoms with E-state index in [2.05, 4.69) is 52.9 Å². The van der Waals surface area contributed by atoms with E-state index in [-0.39, 0.29) is 0 Å². The lowest BCUT2D eigenvalue weighted by molar-refractivity contribution is 0.179. The highest BCUT2D eigenvalue weighted by Crippen LogP contribution is 2.44. The highest BCUT2D eigenvalue weighted by Gasteiger charge is 2.43. The van der Waals surface area contributed by atoms with Crippen molar-refractivity contribution in [3.8, 4) is 0 Å². The highest BCUT2D eigenvalue weighted by molar-refractivity contribution is 5.84. The SMILES string of the molecule is C=C(/C=C\N(C)C(C)F)N(C(C)=NC)C(c1ccccc1)(c1ccccc1)c1ccccc1. The monoisotopic (exact) mass is 441 g/mol. The fourth-order valence-electron chi connectivity index (χ4n) is 4.09. The number of nitrogens with zero attached hydrogens (tertiary/aromatic N) is 3. The second-order valence-electron chi connectivity index (χ2n) is 7.96. The number of alkyl halides is 1. The second kappa shape index (κ2) is 10.8. The predicted molar refractivity (Wildman–Crippen MR) is 137 cm³/mol. The summed E-state index contributed by atoms with van der Waals surface area (Å²) in [5.41, 5.74) is 3.18. The summed E-state index contributed by atoms with van der Waals surface area (Å²) in [5, 5.41) is 0. The van der Waals surface area contributed by atoms with E-state index in [0.717, 1.165) is 22.5 Å². The van der Waals surface area contributed by atoms with E-state index < -0.39 is 11.8 Å². The van der Waals surface area contributed by atoms with Crippen molar-refractivity contribution in [1.29, 1.82) is 0 Å². The predicted octanol–water partition coefficient (Wildman–Crippen LogP) is 6.60. The Balaban J connectivity index is 2.38. The van der Waals surface area contributed by atoms with Crippen LogP contribution in [0.3, 0.4) is 0 Å². The molecule has 0 aliphatic heterocycles. The minimum absolute atomic E-state index is 0.696. The Morgan fingerprint density at radius 2 is 1.27 bits per heavy atom. The van der Waals surface area contributed by atoms with Gasteiger partial charge in [0, 0.05) is 26.0 Å². The van der Waals surface area contributed by atoms with E-state index in [0.29, 0.717) is 5.70 Å². The Labute approximate surface area is 197 Å². The van der Waals surface area contributed by atoms with Crippen LogP contribution < -0.4 is 0 Å². The maximum Gasteiger partial charge on any atom is 0.168 e. The highest BCUT2D eigenvalue weighted by atomic mass is 19.1. The summed E-state index contributed by atoms with van der Waals surface area (Å²) in [7, 11) is 3.49. The van der Waals surface area contributed by atoms with Gasteiger partial charge < -0.3 is 9.80 Å². The smallest absolute Gasteiger partial charge is 0.168 e. The van der Waals surface area contributed by atoms with Gasteiger partial charge in [-0.15, -0.1) is 0 Å². The molecule has 0 radical (unpaired) electrons. The number of halogens is 1. The largest absolute Gasteiger partial charge is 0.352 e. The van der Waals surface area contributed by atoms with Gasteiger partial charge in [0.25, 0.3) is 0 Å². The molecule has 0 saturated carbocycles. The first-order valence-corrected chi connectivity index (χ1v) is 11.1. The van der Waals surface area contributed by atoms with Crippen LogP contribution in [0.15, 0.2) is 121 Å². The summed E-state index contributed by atoms with van der Waals surface area (Å²) >= 11 is 0. The third-order valence-electron chi connectivity index (χ3n) is 5.91. The summed E-state index contributed by atoms with van der Waals surface area (Å²) in [4.78, 5) is 8.22. The van der Waals surface area contributed by atoms with Crippen molar-refractivity contribution < 1.29 is 4.39 Å². The lowest BCUT2D eigenvalue weighted by Crippen LogP contribution is -2.49. The fraction of sp³-hybridized carbons (Fsp3) is 0.207. The number of allylic oxidation sites excluding steroid dienone is 1. The molecule has 0 N–H and O–H groups in total. The van der Waals surface area contributed by atoms with E-state index in [4.69, 9.17) is 0 Å². The number of hydrogen-bond acceptors (Lipinski definition) is 2. The zero-order valence-corrected chi connectivity index (χ0v) is 19.8. The first-order chi connectivity index (χ1) is 15.9. The van der Waals surface area contributed by atoms with E-state index in [1.807, 2.05) is 67.6 Å². The Morgan fingerprint density at radius 1 is 0.879 bits per heavy atom. The molecule has 0 aliphatic carbocycles. The molecule has 0 bridgehead atoms. The second-order valence-corrected chi connectivity index (χ2v) is 7.96. The summed E-state index contributed by atoms with van der Waals surface area (Å²) in [5.74, 6) is 0.789. The van der Waals surface area contributed by atoms with E-state index in [1.165, 1.54) is 11.8 Å². The van der Waals surface area contributed by atoms with Crippen LogP contribution in [0.4, 0.5) is 4.39 Å². The number of rotatable bonds is 8. The third-order valence-corrected chi connectivity index (χ3v) is 5.91. The maximum absolute atomic E-state index is 13.8. The summed E-state index contributed by atoms with van der Waals surface area (Å²) in [6, 6.07) is 31.1. The van der Waals surface area contributed by atoms with Crippen LogP contribution in [0.1, 0.15) is 30.5 Å². The minimum atomic E-state index is -1.11. The van der Waals surface area contributed by atoms with Crippen molar-refractivity contribution in [1.82, 2.24) is 9.80 Å². The molecular formula is C29H32FN3. The Morgan fingerprint density at radius 3 is 1.61 bits per heavy atom. The Kier molecular flexibility index (Phi) is 7.83. The zero-order valence-electron chi connectivity index (χ0n) is 19.8. The van der Waals surface area contributed by atoms with Gasteiger partial charge in [0.1, 0.15) is 11.4 Å². The van der Waals surface area contributed by atoms with Crippen molar-refractivity contribution in [2.75, 3.05) is 14.1 Å². The van der Waals surface area contributed by atoms with Crippen LogP contribution in [0, 0.1) is 0 Å². The summed E-state index contributed by atoms with van der Waals surface area (Å²) < 4.78 is 13.8. The molecule has 170 valence electrons. The number of aliphatic imine (C=N–C) groups is 1. The third kappa shape index (κ3) is 4.90. The van der Waals surface area contributed by atoms with Gasteiger partial charge in [-0.1, -0.05) is 97.6 Å². The molecule has 1 unspecified atom stereocenters. The quantitative estimate of drug-likeness (QED) is 0.129. The van der Waals surface area contributed by atoms with Gasteiger partial charge in [0.15, 0.2) is 6.30 Å². The van der Waals surface area contributed by atoms with E-state index in [1.54, 1.807) is 20.3 Å². The van der Waals surface area contributed by atoms with Crippen LogP contribution in [-0.4, -0.2) is 36.0 Å². The lowest BCUT2D eigenvalue weighted by atomic mass is 9.75. The normalized spacial score (nSPS) is 13.1. The molecule has 0 amide bonds. The van der Waals surface area contributed by atoms with Crippen LogP contribution in [-0.2, 0) is 5.54 Å². The molecular weight excluding hydrogens is 409 g/mol. The van der Waals surface area contributed by atoms with Gasteiger partial charge in [-0.3, -0.25) is 4.99 Å². The standard InChI is InChI=1S/C29H32FN3/c1-23(21-22-32(5)24(2)30)33(25(3)31-4)29(26-15-9-6-10-16-26,27-17-11-7-12-18-27)28-19-13-8-14-20-28/h6-22,24H,1H2,2-5H3/b22-21-,31-25?. The average Bonchev–Trinajstić information content (AvgIpc) is 2.86. The molecule has 0 spiro atoms. The number of hydrogen-bond donors (Lipinski definition) is 0. The van der Waals surface area contributed by atoms with Gasteiger partial charge in [-0.05, 0) is 36.6 Å². The van der Waals surface area contributed by atoms with E-state index in [9.17, 15) is 4.39 Å². The summed E-state index contributed by atoms with van der Waals surface area (Å²) in [6.45, 7) is 7.89. The number of benzene rings is 3. The molecule has 3 nitrogen and oxygen atoms in total. The Hall–Kier alpha value is -3.66. The van der Waals surface area contributed by atoms with Gasteiger partial charge in [-0.2, -0.15) is 0 Å². The van der Waals surface area contributed by atoms with Gasteiger partial charge in [0.2, 0.25) is 0 Å². The molecule has 3 aromatic carbocycles. The van der Waals surface area contributed by atoms with Crippen molar-refractivity contribution in [2.45, 2.75) is 25.7 Å². The fourth-order valence-corrected chi connectivity index (χ4v) is 4.09. The molecule has 0 saturated heterocycles. The molecule has 0 heterocycles. The summed E-state index contributed by atoms with van der Waals surface area (Å²) in [6.07, 6.45) is 2.45. The molecule has 1 atom stereocenters. The van der Waals surface area contributed by atoms with Gasteiger partial charge in [0.05, 0.1) is 0 Å². The average molecular weight is 442 g/mol. The molecule has 4 heteroatoms. The van der Waals surface area contributed by atoms with E-state index >= 15 is 0 Å². The topological polar surface area (TPSA) is 18.8 Å². The molecule has 3 aromatic rings. The van der Waals surface area contributed by atoms with Crippen LogP contribution in [0.5, 0.6) is 0 Å². The van der Waals surface area contributed by atoms with Gasteiger partial charge >= 0.3 is 0 Å². The molecule has 0 aromatic heterocycles. The first kappa shape index (κ1) is 24.0. The zero-order chi connectivity index (χ0) is 23.8. The molecule has 0 aliphatic rings. The van der Waals surface area contributed by atoms with Crippen molar-refractivity contribution in [3.63, 3.8) is 0 Å². The van der Waals surface area contributed by atoms with Crippen LogP contribution in [0.2, 0.25) is 0 Å². The Bertz CT molecular complexity index is 993. The molecule has 33 heavy (non-hydrogen) atoms. The van der Waals surface area contributed by atoms with Gasteiger partial charge in [-0.25, -0.2) is 4.39 Å². The lowest BCUT2D eigenvalue weighted by Gasteiger charge is -2.47. The maximum atomic E-state index is 13.8. The molecule has 3 rings (SSSR count). The minimum Gasteiger partial charge on any atom is -0.352 e. The molecule has 0 fully saturated rings. The van der Waals surface area contributed by atoms with Crippen molar-refractivity contribution in [2.24, 2.45) is 4.99 Å². The van der Waals surface area contributed by atoms with Crippen molar-refractivity contribution >= 4 is 5.84 Å². The van der Waals surface area contributed by atoms with Crippen LogP contribution >= 0.6 is 0 Å². The number of amidine groups is 1. The van der Waals surface area contributed by atoms with Crippen molar-refractivity contribution in [3.05, 3.63) is 132 Å². The van der Waals surface area contributed by atoms with Crippen LogP contribution in [0.25, 0.3) is 0 Å². The first-order valence-electron chi connectivity index (χ1n) is 11.1.